The minimum atomic E-state index is 0.725. The molecule has 4 nitrogen and oxygen atoms in total. The molecule has 0 fully saturated rings. The molecular weight excluding hydrogens is 516 g/mol. The Bertz CT molecular complexity index is 1210. The number of hydrogen-bond donors (Lipinski definition) is 2. The highest BCUT2D eigenvalue weighted by Crippen LogP contribution is 2.37. The van der Waals surface area contributed by atoms with E-state index in [0.29, 0.717) is 0 Å². The van der Waals surface area contributed by atoms with E-state index in [1.165, 1.54) is 22.3 Å². The van der Waals surface area contributed by atoms with Crippen LogP contribution in [-0.2, 0) is 0 Å². The van der Waals surface area contributed by atoms with Crippen molar-refractivity contribution in [2.45, 2.75) is 51.4 Å². The van der Waals surface area contributed by atoms with Crippen LogP contribution in [0.25, 0.3) is 11.1 Å². The zero-order valence-electron chi connectivity index (χ0n) is 24.8. The molecule has 0 radical (unpaired) electrons. The van der Waals surface area contributed by atoms with Crippen LogP contribution in [0.2, 0.25) is 0 Å². The van der Waals surface area contributed by atoms with Crippen LogP contribution < -0.4 is 20.9 Å². The van der Waals surface area contributed by atoms with Gasteiger partial charge in [-0.05, 0) is 96.4 Å². The second-order valence-electron chi connectivity index (χ2n) is 10.6. The van der Waals surface area contributed by atoms with Crippen molar-refractivity contribution in [3.63, 3.8) is 0 Å². The van der Waals surface area contributed by atoms with E-state index in [1.807, 2.05) is 0 Å². The van der Waals surface area contributed by atoms with E-state index in [4.69, 9.17) is 20.9 Å². The zero-order valence-corrected chi connectivity index (χ0v) is 24.8. The van der Waals surface area contributed by atoms with Crippen molar-refractivity contribution in [1.82, 2.24) is 0 Å². The zero-order chi connectivity index (χ0) is 29.2. The summed E-state index contributed by atoms with van der Waals surface area (Å²) in [6.45, 7) is 2.97. The summed E-state index contributed by atoms with van der Waals surface area (Å²) in [4.78, 5) is 0. The Morgan fingerprint density at radius 3 is 1.07 bits per heavy atom. The second-order valence-corrected chi connectivity index (χ2v) is 10.6. The molecule has 0 atom stereocenters. The molecule has 4 aromatic carbocycles. The maximum Gasteiger partial charge on any atom is 0.119 e. The molecule has 220 valence electrons. The van der Waals surface area contributed by atoms with Crippen LogP contribution in [0.3, 0.4) is 0 Å². The molecule has 4 rings (SSSR count). The van der Waals surface area contributed by atoms with E-state index in [-0.39, 0.29) is 0 Å². The van der Waals surface area contributed by atoms with Crippen molar-refractivity contribution in [2.75, 3.05) is 26.3 Å². The van der Waals surface area contributed by atoms with Gasteiger partial charge in [0.25, 0.3) is 0 Å². The Morgan fingerprint density at radius 2 is 0.714 bits per heavy atom. The minimum Gasteiger partial charge on any atom is -0.494 e. The molecule has 0 aliphatic rings. The number of nitrogens with two attached hydrogens (primary N) is 2. The summed E-state index contributed by atoms with van der Waals surface area (Å²) in [7, 11) is 0. The van der Waals surface area contributed by atoms with Crippen molar-refractivity contribution in [3.8, 4) is 11.5 Å². The average Bonchev–Trinajstić information content (AvgIpc) is 3.05. The Balaban J connectivity index is 1.62. The predicted octanol–water partition coefficient (Wildman–Crippen LogP) is 8.49. The summed E-state index contributed by atoms with van der Waals surface area (Å²) in [5.74, 6) is 1.80. The van der Waals surface area contributed by atoms with Crippen LogP contribution in [0, 0.1) is 0 Å². The number of benzene rings is 4. The normalized spacial score (nSPS) is 11.7. The molecule has 0 aliphatic carbocycles. The first-order valence-corrected chi connectivity index (χ1v) is 15.5. The van der Waals surface area contributed by atoms with E-state index in [9.17, 15) is 0 Å². The SMILES string of the molecule is NCCCCCCOc1ccc(/C(=C(\c2ccccc2)c2ccc(OCCCCCCN)cc2)c2ccccc2)cc1. The number of hydrogen-bond acceptors (Lipinski definition) is 4. The van der Waals surface area contributed by atoms with Crippen LogP contribution >= 0.6 is 0 Å². The molecule has 0 aromatic heterocycles. The molecule has 0 unspecified atom stereocenters. The molecule has 0 bridgehead atoms. The van der Waals surface area contributed by atoms with Crippen LogP contribution in [0.15, 0.2) is 109 Å². The van der Waals surface area contributed by atoms with Gasteiger partial charge in [0, 0.05) is 0 Å². The van der Waals surface area contributed by atoms with E-state index >= 15 is 0 Å². The van der Waals surface area contributed by atoms with E-state index < -0.39 is 0 Å². The Labute approximate surface area is 252 Å². The highest BCUT2D eigenvalue weighted by molar-refractivity contribution is 6.04. The van der Waals surface area contributed by atoms with Gasteiger partial charge in [-0.25, -0.2) is 0 Å². The molecular formula is C38H46N2O2. The Morgan fingerprint density at radius 1 is 0.381 bits per heavy atom. The Kier molecular flexibility index (Phi) is 13.2. The fourth-order valence-electron chi connectivity index (χ4n) is 5.14. The quantitative estimate of drug-likeness (QED) is 0.0942. The predicted molar refractivity (Wildman–Crippen MR) is 177 cm³/mol. The average molecular weight is 563 g/mol. The second kappa shape index (κ2) is 17.8. The number of unbranched alkanes of at least 4 members (excludes halogenated alkanes) is 6. The van der Waals surface area contributed by atoms with Gasteiger partial charge in [-0.2, -0.15) is 0 Å². The van der Waals surface area contributed by atoms with Gasteiger partial charge in [-0.15, -0.1) is 0 Å². The van der Waals surface area contributed by atoms with Crippen molar-refractivity contribution < 1.29 is 9.47 Å². The molecule has 0 spiro atoms. The minimum absolute atomic E-state index is 0.725. The summed E-state index contributed by atoms with van der Waals surface area (Å²) < 4.78 is 12.1. The summed E-state index contributed by atoms with van der Waals surface area (Å²) in [5, 5.41) is 0. The summed E-state index contributed by atoms with van der Waals surface area (Å²) in [5.41, 5.74) is 18.2. The van der Waals surface area contributed by atoms with Crippen molar-refractivity contribution in [2.24, 2.45) is 11.5 Å². The molecule has 4 aromatic rings. The highest BCUT2D eigenvalue weighted by Gasteiger charge is 2.16. The standard InChI is InChI=1S/C38H46N2O2/c39-27-11-1-3-13-29-41-35-23-19-33(20-24-35)37(31-15-7-5-8-16-31)38(32-17-9-6-10-18-32)34-21-25-36(26-22-34)42-30-14-4-2-12-28-40/h5-10,15-26H,1-4,11-14,27-30,39-40H2/b38-37+. The lowest BCUT2D eigenvalue weighted by molar-refractivity contribution is 0.304. The fourth-order valence-corrected chi connectivity index (χ4v) is 5.14. The Hall–Kier alpha value is -3.86. The van der Waals surface area contributed by atoms with Gasteiger partial charge in [-0.1, -0.05) is 111 Å². The lowest BCUT2D eigenvalue weighted by Gasteiger charge is -2.19. The van der Waals surface area contributed by atoms with Gasteiger partial charge in [0.1, 0.15) is 11.5 Å². The van der Waals surface area contributed by atoms with Crippen molar-refractivity contribution >= 4 is 11.1 Å². The van der Waals surface area contributed by atoms with Gasteiger partial charge in [0.15, 0.2) is 0 Å². The molecule has 0 aliphatic heterocycles. The smallest absolute Gasteiger partial charge is 0.119 e. The summed E-state index contributed by atoms with van der Waals surface area (Å²) in [6.07, 6.45) is 8.87. The van der Waals surface area contributed by atoms with Crippen LogP contribution in [-0.4, -0.2) is 26.3 Å². The maximum atomic E-state index is 6.06. The third-order valence-electron chi connectivity index (χ3n) is 7.40. The third-order valence-corrected chi connectivity index (χ3v) is 7.40. The lowest BCUT2D eigenvalue weighted by atomic mass is 9.86. The number of ether oxygens (including phenoxy) is 2. The maximum absolute atomic E-state index is 6.06. The fraction of sp³-hybridized carbons (Fsp3) is 0.316. The van der Waals surface area contributed by atoms with E-state index in [1.54, 1.807) is 0 Å². The van der Waals surface area contributed by atoms with Crippen LogP contribution in [0.1, 0.15) is 73.6 Å². The van der Waals surface area contributed by atoms with Gasteiger partial charge in [0.05, 0.1) is 13.2 Å². The first-order chi connectivity index (χ1) is 20.8. The lowest BCUT2D eigenvalue weighted by Crippen LogP contribution is -2.01. The first kappa shape index (κ1) is 31.1. The summed E-state index contributed by atoms with van der Waals surface area (Å²) >= 11 is 0. The van der Waals surface area contributed by atoms with Crippen LogP contribution in [0.4, 0.5) is 0 Å². The molecule has 0 saturated carbocycles. The van der Waals surface area contributed by atoms with Crippen molar-refractivity contribution in [3.05, 3.63) is 131 Å². The van der Waals surface area contributed by atoms with Crippen LogP contribution in [0.5, 0.6) is 11.5 Å². The molecule has 0 saturated heterocycles. The monoisotopic (exact) mass is 562 g/mol. The number of rotatable bonds is 18. The van der Waals surface area contributed by atoms with Gasteiger partial charge >= 0.3 is 0 Å². The largest absolute Gasteiger partial charge is 0.494 e. The van der Waals surface area contributed by atoms with E-state index in [0.717, 1.165) is 100 Å². The summed E-state index contributed by atoms with van der Waals surface area (Å²) in [6, 6.07) is 38.3. The molecule has 42 heavy (non-hydrogen) atoms. The molecule has 0 amide bonds. The molecule has 0 heterocycles. The van der Waals surface area contributed by atoms with Gasteiger partial charge < -0.3 is 20.9 Å². The third kappa shape index (κ3) is 9.61. The van der Waals surface area contributed by atoms with Gasteiger partial charge in [-0.3, -0.25) is 0 Å². The van der Waals surface area contributed by atoms with E-state index in [2.05, 4.69) is 109 Å². The van der Waals surface area contributed by atoms with Crippen molar-refractivity contribution in [1.29, 1.82) is 0 Å². The molecule has 4 N–H and O–H groups in total. The first-order valence-electron chi connectivity index (χ1n) is 15.5. The van der Waals surface area contributed by atoms with Gasteiger partial charge in [0.2, 0.25) is 0 Å². The highest BCUT2D eigenvalue weighted by atomic mass is 16.5. The topological polar surface area (TPSA) is 70.5 Å². The molecule has 4 heteroatoms.